The summed E-state index contributed by atoms with van der Waals surface area (Å²) in [4.78, 5) is 21.4. The minimum absolute atomic E-state index is 0.0741. The highest BCUT2D eigenvalue weighted by Gasteiger charge is 2.26. The van der Waals surface area contributed by atoms with Crippen LogP contribution in [0.15, 0.2) is 42.7 Å². The minimum atomic E-state index is -0.0741. The van der Waals surface area contributed by atoms with Crippen molar-refractivity contribution in [2.24, 2.45) is 0 Å². The number of amides is 1. The standard InChI is InChI=1S/C20H21ClN4O2/c1-13-19(25-11-3-2-4-17(25)23-13)20(26)24-15-6-8-16(9-7-15)27-18-10-5-14(21)12-22-18/h2-5,10-12,15-16H,6-9H2,1H3,(H,24,26). The summed E-state index contributed by atoms with van der Waals surface area (Å²) < 4.78 is 7.75. The average Bonchev–Trinajstić information content (AvgIpc) is 3.01. The summed E-state index contributed by atoms with van der Waals surface area (Å²) in [6.07, 6.45) is 7.07. The number of pyridine rings is 2. The predicted octanol–water partition coefficient (Wildman–Crippen LogP) is 3.81. The largest absolute Gasteiger partial charge is 0.474 e. The SMILES string of the molecule is Cc1nc2ccccn2c1C(=O)NC1CCC(Oc2ccc(Cl)cn2)CC1. The first-order valence-electron chi connectivity index (χ1n) is 9.13. The van der Waals surface area contributed by atoms with Crippen molar-refractivity contribution in [2.45, 2.75) is 44.8 Å². The number of aryl methyl sites for hydroxylation is 1. The Morgan fingerprint density at radius 2 is 2.04 bits per heavy atom. The Bertz CT molecular complexity index is 946. The van der Waals surface area contributed by atoms with Gasteiger partial charge in [0, 0.05) is 24.5 Å². The van der Waals surface area contributed by atoms with E-state index in [-0.39, 0.29) is 18.1 Å². The minimum Gasteiger partial charge on any atom is -0.474 e. The maximum Gasteiger partial charge on any atom is 0.270 e. The van der Waals surface area contributed by atoms with Gasteiger partial charge >= 0.3 is 0 Å². The lowest BCUT2D eigenvalue weighted by molar-refractivity contribution is 0.0884. The van der Waals surface area contributed by atoms with Gasteiger partial charge in [0.2, 0.25) is 5.88 Å². The number of carbonyl (C=O) groups excluding carboxylic acids is 1. The van der Waals surface area contributed by atoms with Crippen LogP contribution in [0.25, 0.3) is 5.65 Å². The van der Waals surface area contributed by atoms with E-state index in [9.17, 15) is 4.79 Å². The van der Waals surface area contributed by atoms with Gasteiger partial charge in [0.15, 0.2) is 0 Å². The van der Waals surface area contributed by atoms with Gasteiger partial charge in [-0.1, -0.05) is 17.7 Å². The maximum absolute atomic E-state index is 12.8. The molecule has 4 rings (SSSR count). The van der Waals surface area contributed by atoms with Crippen molar-refractivity contribution in [2.75, 3.05) is 0 Å². The summed E-state index contributed by atoms with van der Waals surface area (Å²) in [7, 11) is 0. The Balaban J connectivity index is 1.35. The van der Waals surface area contributed by atoms with Crippen LogP contribution in [0.1, 0.15) is 41.9 Å². The van der Waals surface area contributed by atoms with Crippen molar-refractivity contribution >= 4 is 23.2 Å². The van der Waals surface area contributed by atoms with E-state index >= 15 is 0 Å². The van der Waals surface area contributed by atoms with Crippen molar-refractivity contribution in [3.8, 4) is 5.88 Å². The third-order valence-corrected chi connectivity index (χ3v) is 5.14. The van der Waals surface area contributed by atoms with E-state index in [0.717, 1.165) is 37.0 Å². The number of hydrogen-bond acceptors (Lipinski definition) is 4. The number of ether oxygens (including phenoxy) is 1. The Kier molecular flexibility index (Phi) is 4.99. The number of halogens is 1. The molecule has 7 heteroatoms. The molecule has 1 aliphatic rings. The monoisotopic (exact) mass is 384 g/mol. The Hall–Kier alpha value is -2.60. The van der Waals surface area contributed by atoms with E-state index in [4.69, 9.17) is 16.3 Å². The second-order valence-corrected chi connectivity index (χ2v) is 7.29. The van der Waals surface area contributed by atoms with Gasteiger partial charge in [0.25, 0.3) is 5.91 Å². The number of nitrogens with zero attached hydrogens (tertiary/aromatic N) is 3. The van der Waals surface area contributed by atoms with Crippen molar-refractivity contribution in [1.29, 1.82) is 0 Å². The number of rotatable bonds is 4. The molecule has 0 aliphatic heterocycles. The topological polar surface area (TPSA) is 68.5 Å². The van der Waals surface area contributed by atoms with Crippen molar-refractivity contribution < 1.29 is 9.53 Å². The van der Waals surface area contributed by atoms with E-state index in [2.05, 4.69) is 15.3 Å². The molecule has 1 saturated carbocycles. The Morgan fingerprint density at radius 3 is 2.78 bits per heavy atom. The fraction of sp³-hybridized carbons (Fsp3) is 0.350. The van der Waals surface area contributed by atoms with Gasteiger partial charge in [-0.05, 0) is 50.8 Å². The maximum atomic E-state index is 12.8. The first kappa shape index (κ1) is 17.8. The molecular weight excluding hydrogens is 364 g/mol. The van der Waals surface area contributed by atoms with Gasteiger partial charge in [0.1, 0.15) is 17.4 Å². The van der Waals surface area contributed by atoms with Gasteiger partial charge in [-0.3, -0.25) is 9.20 Å². The molecule has 140 valence electrons. The third kappa shape index (κ3) is 3.90. The van der Waals surface area contributed by atoms with Gasteiger partial charge in [0.05, 0.1) is 10.7 Å². The molecular formula is C20H21ClN4O2. The van der Waals surface area contributed by atoms with Crippen LogP contribution in [0.3, 0.4) is 0 Å². The van der Waals surface area contributed by atoms with Crippen molar-refractivity contribution in [3.63, 3.8) is 0 Å². The molecule has 0 saturated heterocycles. The predicted molar refractivity (Wildman–Crippen MR) is 103 cm³/mol. The fourth-order valence-corrected chi connectivity index (χ4v) is 3.68. The smallest absolute Gasteiger partial charge is 0.270 e. The number of carbonyl (C=O) groups is 1. The Morgan fingerprint density at radius 1 is 1.22 bits per heavy atom. The third-order valence-electron chi connectivity index (χ3n) is 4.92. The van der Waals surface area contributed by atoms with Crippen LogP contribution in [0, 0.1) is 6.92 Å². The van der Waals surface area contributed by atoms with Crippen LogP contribution < -0.4 is 10.1 Å². The molecule has 0 unspecified atom stereocenters. The zero-order valence-electron chi connectivity index (χ0n) is 15.1. The summed E-state index contributed by atoms with van der Waals surface area (Å²) in [6.45, 7) is 1.87. The Labute approximate surface area is 162 Å². The zero-order valence-corrected chi connectivity index (χ0v) is 15.8. The van der Waals surface area contributed by atoms with E-state index < -0.39 is 0 Å². The van der Waals surface area contributed by atoms with Gasteiger partial charge < -0.3 is 10.1 Å². The van der Waals surface area contributed by atoms with Crippen LogP contribution in [0.2, 0.25) is 5.02 Å². The van der Waals surface area contributed by atoms with Gasteiger partial charge in [-0.25, -0.2) is 9.97 Å². The second-order valence-electron chi connectivity index (χ2n) is 6.85. The molecule has 1 amide bonds. The molecule has 3 aromatic rings. The van der Waals surface area contributed by atoms with Crippen molar-refractivity contribution in [1.82, 2.24) is 19.7 Å². The summed E-state index contributed by atoms with van der Waals surface area (Å²) in [6, 6.07) is 9.41. The molecule has 3 heterocycles. The molecule has 1 aliphatic carbocycles. The highest BCUT2D eigenvalue weighted by Crippen LogP contribution is 2.24. The highest BCUT2D eigenvalue weighted by molar-refractivity contribution is 6.30. The van der Waals surface area contributed by atoms with E-state index in [0.29, 0.717) is 16.6 Å². The summed E-state index contributed by atoms with van der Waals surface area (Å²) in [5, 5.41) is 3.75. The molecule has 1 fully saturated rings. The number of hydrogen-bond donors (Lipinski definition) is 1. The molecule has 3 aromatic heterocycles. The van der Waals surface area contributed by atoms with Crippen LogP contribution in [0.4, 0.5) is 0 Å². The highest BCUT2D eigenvalue weighted by atomic mass is 35.5. The van der Waals surface area contributed by atoms with E-state index in [1.807, 2.05) is 35.7 Å². The van der Waals surface area contributed by atoms with Crippen LogP contribution in [-0.2, 0) is 0 Å². The second kappa shape index (κ2) is 7.56. The molecule has 0 aromatic carbocycles. The molecule has 0 atom stereocenters. The zero-order chi connectivity index (χ0) is 18.8. The van der Waals surface area contributed by atoms with Gasteiger partial charge in [-0.15, -0.1) is 0 Å². The number of imidazole rings is 1. The molecule has 0 bridgehead atoms. The number of aromatic nitrogens is 3. The van der Waals surface area contributed by atoms with Crippen LogP contribution in [0.5, 0.6) is 5.88 Å². The summed E-state index contributed by atoms with van der Waals surface area (Å²) in [5.41, 5.74) is 2.13. The normalized spacial score (nSPS) is 19.8. The van der Waals surface area contributed by atoms with Crippen LogP contribution >= 0.6 is 11.6 Å². The number of nitrogens with one attached hydrogen (secondary N) is 1. The summed E-state index contributed by atoms with van der Waals surface area (Å²) >= 11 is 5.85. The quantitative estimate of drug-likeness (QED) is 0.742. The molecule has 0 radical (unpaired) electrons. The molecule has 6 nitrogen and oxygen atoms in total. The average molecular weight is 385 g/mol. The lowest BCUT2D eigenvalue weighted by Gasteiger charge is -2.29. The molecule has 27 heavy (non-hydrogen) atoms. The van der Waals surface area contributed by atoms with E-state index in [1.165, 1.54) is 0 Å². The fourth-order valence-electron chi connectivity index (χ4n) is 3.57. The lowest BCUT2D eigenvalue weighted by atomic mass is 9.93. The van der Waals surface area contributed by atoms with E-state index in [1.54, 1.807) is 18.3 Å². The van der Waals surface area contributed by atoms with Gasteiger partial charge in [-0.2, -0.15) is 0 Å². The first-order valence-corrected chi connectivity index (χ1v) is 9.51. The lowest BCUT2D eigenvalue weighted by Crippen LogP contribution is -2.40. The first-order chi connectivity index (χ1) is 13.1. The summed E-state index contributed by atoms with van der Waals surface area (Å²) in [5.74, 6) is 0.517. The molecule has 0 spiro atoms. The van der Waals surface area contributed by atoms with Crippen LogP contribution in [-0.4, -0.2) is 32.4 Å². The number of fused-ring (bicyclic) bond motifs is 1. The van der Waals surface area contributed by atoms with Crippen molar-refractivity contribution in [3.05, 3.63) is 59.1 Å². The molecule has 1 N–H and O–H groups in total.